The SMILES string of the molecule is CC(C)(C)OC(=O)CNc1ccc(C(=O)NC2CCN(C(=O)OC(C)(C)C)CC2)cn1. The minimum Gasteiger partial charge on any atom is -0.459 e. The van der Waals surface area contributed by atoms with Crippen LogP contribution in [0.2, 0.25) is 0 Å². The van der Waals surface area contributed by atoms with Crippen LogP contribution in [-0.2, 0) is 14.3 Å². The Kier molecular flexibility index (Phi) is 7.86. The topological polar surface area (TPSA) is 110 Å². The lowest BCUT2D eigenvalue weighted by molar-refractivity contribution is -0.152. The van der Waals surface area contributed by atoms with E-state index in [0.29, 0.717) is 37.3 Å². The number of nitrogens with one attached hydrogen (secondary N) is 2. The molecule has 172 valence electrons. The fourth-order valence-electron chi connectivity index (χ4n) is 2.97. The van der Waals surface area contributed by atoms with Crippen molar-refractivity contribution in [2.24, 2.45) is 0 Å². The van der Waals surface area contributed by atoms with Crippen LogP contribution in [0, 0.1) is 0 Å². The highest BCUT2D eigenvalue weighted by molar-refractivity contribution is 5.94. The van der Waals surface area contributed by atoms with Crippen molar-refractivity contribution in [3.05, 3.63) is 23.9 Å². The first-order valence-electron chi connectivity index (χ1n) is 10.5. The number of anilines is 1. The molecule has 2 rings (SSSR count). The van der Waals surface area contributed by atoms with Crippen molar-refractivity contribution in [1.82, 2.24) is 15.2 Å². The maximum atomic E-state index is 12.5. The molecule has 1 saturated heterocycles. The molecule has 1 aromatic heterocycles. The second-order valence-electron chi connectivity index (χ2n) is 9.59. The van der Waals surface area contributed by atoms with Crippen LogP contribution in [0.5, 0.6) is 0 Å². The van der Waals surface area contributed by atoms with Crippen LogP contribution in [0.3, 0.4) is 0 Å². The average Bonchev–Trinajstić information content (AvgIpc) is 2.64. The molecule has 2 heterocycles. The van der Waals surface area contributed by atoms with Crippen molar-refractivity contribution < 1.29 is 23.9 Å². The van der Waals surface area contributed by atoms with Gasteiger partial charge >= 0.3 is 12.1 Å². The molecule has 1 aromatic rings. The number of amides is 2. The maximum absolute atomic E-state index is 12.5. The van der Waals surface area contributed by atoms with Gasteiger partial charge in [-0.1, -0.05) is 0 Å². The van der Waals surface area contributed by atoms with Gasteiger partial charge in [-0.2, -0.15) is 0 Å². The second kappa shape index (κ2) is 9.98. The quantitative estimate of drug-likeness (QED) is 0.686. The van der Waals surface area contributed by atoms with E-state index in [1.165, 1.54) is 6.20 Å². The van der Waals surface area contributed by atoms with Gasteiger partial charge in [0.2, 0.25) is 0 Å². The molecule has 1 aliphatic rings. The highest BCUT2D eigenvalue weighted by Gasteiger charge is 2.27. The summed E-state index contributed by atoms with van der Waals surface area (Å²) >= 11 is 0. The van der Waals surface area contributed by atoms with Gasteiger partial charge in [0.15, 0.2) is 0 Å². The monoisotopic (exact) mass is 434 g/mol. The highest BCUT2D eigenvalue weighted by Crippen LogP contribution is 2.16. The first-order valence-corrected chi connectivity index (χ1v) is 10.5. The van der Waals surface area contributed by atoms with Gasteiger partial charge in [-0.05, 0) is 66.5 Å². The molecule has 1 fully saturated rings. The zero-order chi connectivity index (χ0) is 23.2. The summed E-state index contributed by atoms with van der Waals surface area (Å²) in [5, 5.41) is 5.87. The van der Waals surface area contributed by atoms with Crippen LogP contribution < -0.4 is 10.6 Å². The van der Waals surface area contributed by atoms with Gasteiger partial charge in [0, 0.05) is 25.3 Å². The van der Waals surface area contributed by atoms with Gasteiger partial charge in [-0.25, -0.2) is 9.78 Å². The first kappa shape index (κ1) is 24.4. The van der Waals surface area contributed by atoms with E-state index in [1.54, 1.807) is 37.8 Å². The number of likely N-dealkylation sites (tertiary alicyclic amines) is 1. The molecule has 0 atom stereocenters. The molecule has 31 heavy (non-hydrogen) atoms. The van der Waals surface area contributed by atoms with Crippen LogP contribution in [0.4, 0.5) is 10.6 Å². The normalized spacial score (nSPS) is 15.2. The zero-order valence-electron chi connectivity index (χ0n) is 19.3. The molecule has 0 bridgehead atoms. The number of rotatable bonds is 5. The Morgan fingerprint density at radius 1 is 1.03 bits per heavy atom. The standard InChI is InChI=1S/C22H34N4O5/c1-21(2,3)30-18(27)14-24-17-8-7-15(13-23-17)19(28)25-16-9-11-26(12-10-16)20(29)31-22(4,5)6/h7-8,13,16H,9-12,14H2,1-6H3,(H,23,24)(H,25,28). The van der Waals surface area contributed by atoms with Crippen LogP contribution in [0.1, 0.15) is 64.7 Å². The van der Waals surface area contributed by atoms with Crippen LogP contribution in [0.15, 0.2) is 18.3 Å². The third-order valence-electron chi connectivity index (χ3n) is 4.34. The maximum Gasteiger partial charge on any atom is 0.410 e. The number of pyridine rings is 1. The Balaban J connectivity index is 1.78. The third-order valence-corrected chi connectivity index (χ3v) is 4.34. The lowest BCUT2D eigenvalue weighted by Crippen LogP contribution is -2.47. The highest BCUT2D eigenvalue weighted by atomic mass is 16.6. The van der Waals surface area contributed by atoms with Crippen molar-refractivity contribution in [2.75, 3.05) is 25.0 Å². The van der Waals surface area contributed by atoms with Crippen LogP contribution in [-0.4, -0.2) is 64.7 Å². The second-order valence-corrected chi connectivity index (χ2v) is 9.59. The first-order chi connectivity index (χ1) is 14.3. The molecule has 0 unspecified atom stereocenters. The van der Waals surface area contributed by atoms with Crippen molar-refractivity contribution in [2.45, 2.75) is 71.6 Å². The molecule has 9 nitrogen and oxygen atoms in total. The molecule has 9 heteroatoms. The van der Waals surface area contributed by atoms with Crippen molar-refractivity contribution in [3.8, 4) is 0 Å². The Morgan fingerprint density at radius 2 is 1.65 bits per heavy atom. The van der Waals surface area contributed by atoms with E-state index in [4.69, 9.17) is 9.47 Å². The summed E-state index contributed by atoms with van der Waals surface area (Å²) in [5.41, 5.74) is -0.641. The Morgan fingerprint density at radius 3 is 2.16 bits per heavy atom. The van der Waals surface area contributed by atoms with Gasteiger partial charge in [-0.15, -0.1) is 0 Å². The zero-order valence-corrected chi connectivity index (χ0v) is 19.3. The minimum atomic E-state index is -0.544. The van der Waals surface area contributed by atoms with Crippen LogP contribution >= 0.6 is 0 Å². The molecule has 0 saturated carbocycles. The summed E-state index contributed by atoms with van der Waals surface area (Å²) in [7, 11) is 0. The Bertz CT molecular complexity index is 773. The largest absolute Gasteiger partial charge is 0.459 e. The number of ether oxygens (including phenoxy) is 2. The van der Waals surface area contributed by atoms with E-state index >= 15 is 0 Å². The van der Waals surface area contributed by atoms with E-state index in [9.17, 15) is 14.4 Å². The number of esters is 1. The molecular formula is C22H34N4O5. The number of piperidine rings is 1. The van der Waals surface area contributed by atoms with Crippen molar-refractivity contribution in [1.29, 1.82) is 0 Å². The van der Waals surface area contributed by atoms with E-state index in [-0.39, 0.29) is 30.6 Å². The number of carbonyl (C=O) groups excluding carboxylic acids is 3. The summed E-state index contributed by atoms with van der Waals surface area (Å²) < 4.78 is 10.6. The fourth-order valence-corrected chi connectivity index (χ4v) is 2.97. The van der Waals surface area contributed by atoms with Gasteiger partial charge in [-0.3, -0.25) is 9.59 Å². The Hall–Kier alpha value is -2.84. The summed E-state index contributed by atoms with van der Waals surface area (Å²) in [4.78, 5) is 42.2. The molecule has 0 aliphatic carbocycles. The van der Waals surface area contributed by atoms with Gasteiger partial charge in [0.1, 0.15) is 23.6 Å². The third kappa shape index (κ3) is 8.82. The molecular weight excluding hydrogens is 400 g/mol. The van der Waals surface area contributed by atoms with E-state index < -0.39 is 11.2 Å². The van der Waals surface area contributed by atoms with Gasteiger partial charge in [0.05, 0.1) is 5.56 Å². The van der Waals surface area contributed by atoms with Gasteiger partial charge < -0.3 is 25.0 Å². The predicted octanol–water partition coefficient (Wildman–Crippen LogP) is 2.96. The Labute approximate surface area is 183 Å². The number of nitrogens with zero attached hydrogens (tertiary/aromatic N) is 2. The molecule has 2 amide bonds. The number of hydrogen-bond acceptors (Lipinski definition) is 7. The summed E-state index contributed by atoms with van der Waals surface area (Å²) in [6, 6.07) is 3.27. The number of hydrogen-bond donors (Lipinski definition) is 2. The average molecular weight is 435 g/mol. The minimum absolute atomic E-state index is 0.00790. The lowest BCUT2D eigenvalue weighted by Gasteiger charge is -2.33. The molecule has 0 aromatic carbocycles. The lowest BCUT2D eigenvalue weighted by atomic mass is 10.0. The van der Waals surface area contributed by atoms with E-state index in [1.807, 2.05) is 20.8 Å². The summed E-state index contributed by atoms with van der Waals surface area (Å²) in [5.74, 6) is -0.121. The molecule has 0 spiro atoms. The predicted molar refractivity (Wildman–Crippen MR) is 117 cm³/mol. The van der Waals surface area contributed by atoms with Crippen molar-refractivity contribution >= 4 is 23.8 Å². The molecule has 1 aliphatic heterocycles. The molecule has 0 radical (unpaired) electrons. The van der Waals surface area contributed by atoms with E-state index in [0.717, 1.165) is 0 Å². The van der Waals surface area contributed by atoms with Crippen LogP contribution in [0.25, 0.3) is 0 Å². The smallest absolute Gasteiger partial charge is 0.410 e. The molecule has 2 N–H and O–H groups in total. The fraction of sp³-hybridized carbons (Fsp3) is 0.636. The number of aromatic nitrogens is 1. The van der Waals surface area contributed by atoms with E-state index in [2.05, 4.69) is 15.6 Å². The summed E-state index contributed by atoms with van der Waals surface area (Å²) in [6.07, 6.45) is 2.46. The van der Waals surface area contributed by atoms with Crippen molar-refractivity contribution in [3.63, 3.8) is 0 Å². The number of carbonyl (C=O) groups is 3. The van der Waals surface area contributed by atoms with Gasteiger partial charge in [0.25, 0.3) is 5.91 Å². The summed E-state index contributed by atoms with van der Waals surface area (Å²) in [6.45, 7) is 12.0.